The van der Waals surface area contributed by atoms with Crippen molar-refractivity contribution in [2.45, 2.75) is 18.9 Å². The Balaban J connectivity index is 1.73. The molecule has 0 bridgehead atoms. The lowest BCUT2D eigenvalue weighted by Gasteiger charge is -2.29. The second-order valence-electron chi connectivity index (χ2n) is 6.91. The number of piperidine rings is 1. The maximum atomic E-state index is 13.0. The summed E-state index contributed by atoms with van der Waals surface area (Å²) in [6, 6.07) is 3.55. The summed E-state index contributed by atoms with van der Waals surface area (Å²) >= 11 is 0. The van der Waals surface area contributed by atoms with Crippen LogP contribution in [-0.2, 0) is 4.74 Å². The third-order valence-electron chi connectivity index (χ3n) is 4.99. The third kappa shape index (κ3) is 3.98. The molecule has 2 saturated heterocycles. The van der Waals surface area contributed by atoms with E-state index >= 15 is 0 Å². The quantitative estimate of drug-likeness (QED) is 0.688. The van der Waals surface area contributed by atoms with E-state index in [1.165, 1.54) is 6.20 Å². The Bertz CT molecular complexity index is 907. The number of hydrogen-bond acceptors (Lipinski definition) is 7. The minimum Gasteiger partial charge on any atom is -0.378 e. The number of nitrogens with one attached hydrogen (secondary N) is 3. The first-order chi connectivity index (χ1) is 13.7. The molecule has 4 rings (SSSR count). The van der Waals surface area contributed by atoms with Crippen LogP contribution in [0.3, 0.4) is 0 Å². The number of H-pyrrole nitrogens is 1. The normalized spacial score (nSPS) is 19.8. The molecule has 0 radical (unpaired) electrons. The van der Waals surface area contributed by atoms with Crippen LogP contribution in [0.15, 0.2) is 23.1 Å². The molecule has 3 N–H and O–H groups in total. The van der Waals surface area contributed by atoms with Gasteiger partial charge in [0.15, 0.2) is 0 Å². The first-order valence-electron chi connectivity index (χ1n) is 9.53. The average Bonchev–Trinajstić information content (AvgIpc) is 2.75. The standard InChI is InChI=1S/C19H23N7O2/c1-20-13-4-5-15(22-12-13)16-17(23-14-3-2-6-21-11-14)24-19(25-18(16)27)26-7-9-28-10-8-26/h4-5,12,14,21H,2-3,6-11H2,(H2,23,24,25,27)/t14-/m1/s1. The van der Waals surface area contributed by atoms with Gasteiger partial charge in [-0.3, -0.25) is 14.8 Å². The lowest BCUT2D eigenvalue weighted by atomic mass is 10.1. The van der Waals surface area contributed by atoms with E-state index in [0.717, 1.165) is 25.9 Å². The minimum atomic E-state index is -0.245. The van der Waals surface area contributed by atoms with Gasteiger partial charge >= 0.3 is 0 Å². The molecule has 2 aliphatic rings. The molecule has 146 valence electrons. The number of aromatic amines is 1. The minimum absolute atomic E-state index is 0.196. The topological polar surface area (TPSA) is 99.5 Å². The van der Waals surface area contributed by atoms with E-state index < -0.39 is 0 Å². The Morgan fingerprint density at radius 1 is 1.32 bits per heavy atom. The Labute approximate surface area is 163 Å². The van der Waals surface area contributed by atoms with E-state index in [1.807, 2.05) is 4.90 Å². The van der Waals surface area contributed by atoms with Crippen molar-refractivity contribution in [3.63, 3.8) is 0 Å². The molecule has 2 aromatic rings. The van der Waals surface area contributed by atoms with Crippen molar-refractivity contribution < 1.29 is 4.74 Å². The zero-order valence-electron chi connectivity index (χ0n) is 15.6. The molecule has 0 aromatic carbocycles. The highest BCUT2D eigenvalue weighted by atomic mass is 16.5. The van der Waals surface area contributed by atoms with Crippen molar-refractivity contribution >= 4 is 17.5 Å². The molecule has 0 amide bonds. The molecule has 0 saturated carbocycles. The van der Waals surface area contributed by atoms with Crippen LogP contribution in [0.25, 0.3) is 16.1 Å². The Morgan fingerprint density at radius 3 is 2.86 bits per heavy atom. The number of nitrogens with zero attached hydrogens (tertiary/aromatic N) is 4. The predicted molar refractivity (Wildman–Crippen MR) is 107 cm³/mol. The highest BCUT2D eigenvalue weighted by molar-refractivity contribution is 5.73. The van der Waals surface area contributed by atoms with Gasteiger partial charge in [0, 0.05) is 31.9 Å². The molecule has 2 aromatic heterocycles. The first-order valence-corrected chi connectivity index (χ1v) is 9.53. The molecule has 1 atom stereocenters. The van der Waals surface area contributed by atoms with E-state index in [-0.39, 0.29) is 11.6 Å². The van der Waals surface area contributed by atoms with Crippen LogP contribution >= 0.6 is 0 Å². The van der Waals surface area contributed by atoms with Crippen molar-refractivity contribution in [1.82, 2.24) is 20.3 Å². The van der Waals surface area contributed by atoms with Crippen molar-refractivity contribution in [3.05, 3.63) is 40.1 Å². The molecule has 0 aliphatic carbocycles. The summed E-state index contributed by atoms with van der Waals surface area (Å²) in [4.78, 5) is 30.3. The van der Waals surface area contributed by atoms with Crippen LogP contribution in [0.1, 0.15) is 12.8 Å². The molecule has 9 heteroatoms. The first kappa shape index (κ1) is 18.4. The molecular weight excluding hydrogens is 358 g/mol. The summed E-state index contributed by atoms with van der Waals surface area (Å²) in [7, 11) is 0. The van der Waals surface area contributed by atoms with Crippen LogP contribution in [0.5, 0.6) is 0 Å². The zero-order valence-corrected chi connectivity index (χ0v) is 15.6. The van der Waals surface area contributed by atoms with E-state index in [9.17, 15) is 4.79 Å². The third-order valence-corrected chi connectivity index (χ3v) is 4.99. The van der Waals surface area contributed by atoms with Crippen LogP contribution in [0, 0.1) is 6.57 Å². The van der Waals surface area contributed by atoms with Gasteiger partial charge in [-0.2, -0.15) is 4.98 Å². The van der Waals surface area contributed by atoms with Crippen molar-refractivity contribution in [2.75, 3.05) is 49.6 Å². The van der Waals surface area contributed by atoms with Gasteiger partial charge in [0.1, 0.15) is 11.4 Å². The maximum Gasteiger partial charge on any atom is 0.263 e. The van der Waals surface area contributed by atoms with Gasteiger partial charge in [0.25, 0.3) is 5.56 Å². The van der Waals surface area contributed by atoms with Crippen LogP contribution < -0.4 is 21.1 Å². The van der Waals surface area contributed by atoms with Crippen LogP contribution in [0.2, 0.25) is 0 Å². The van der Waals surface area contributed by atoms with Gasteiger partial charge in [-0.1, -0.05) is 6.07 Å². The molecular formula is C19H23N7O2. The number of aromatic nitrogens is 3. The molecule has 2 fully saturated rings. The Morgan fingerprint density at radius 2 is 2.18 bits per heavy atom. The van der Waals surface area contributed by atoms with Crippen molar-refractivity contribution in [1.29, 1.82) is 0 Å². The largest absolute Gasteiger partial charge is 0.378 e. The Kier molecular flexibility index (Phi) is 5.50. The lowest BCUT2D eigenvalue weighted by Crippen LogP contribution is -2.40. The molecule has 28 heavy (non-hydrogen) atoms. The SMILES string of the molecule is [C-]#[N+]c1ccc(-c2c(N[C@@H]3CCCNC3)nc(N3CCOCC3)[nH]c2=O)nc1. The molecule has 0 spiro atoms. The van der Waals surface area contributed by atoms with Crippen molar-refractivity contribution in [2.24, 2.45) is 0 Å². The number of anilines is 2. The lowest BCUT2D eigenvalue weighted by molar-refractivity contribution is 0.122. The summed E-state index contributed by atoms with van der Waals surface area (Å²) in [5.74, 6) is 1.07. The van der Waals surface area contributed by atoms with Crippen LogP contribution in [0.4, 0.5) is 17.5 Å². The van der Waals surface area contributed by atoms with Crippen molar-refractivity contribution in [3.8, 4) is 11.3 Å². The summed E-state index contributed by atoms with van der Waals surface area (Å²) in [5.41, 5.74) is 1.09. The monoisotopic (exact) mass is 381 g/mol. The summed E-state index contributed by atoms with van der Waals surface area (Å²) in [6.07, 6.45) is 3.56. The van der Waals surface area contributed by atoms with Crippen LogP contribution in [-0.4, -0.2) is 60.4 Å². The van der Waals surface area contributed by atoms with E-state index in [0.29, 0.717) is 55.0 Å². The van der Waals surface area contributed by atoms with E-state index in [4.69, 9.17) is 16.3 Å². The van der Waals surface area contributed by atoms with Gasteiger partial charge in [0.2, 0.25) is 11.6 Å². The summed E-state index contributed by atoms with van der Waals surface area (Å²) in [6.45, 7) is 11.5. The summed E-state index contributed by atoms with van der Waals surface area (Å²) < 4.78 is 5.40. The van der Waals surface area contributed by atoms with E-state index in [2.05, 4.69) is 25.4 Å². The number of ether oxygens (including phenoxy) is 1. The summed E-state index contributed by atoms with van der Waals surface area (Å²) in [5, 5.41) is 6.81. The van der Waals surface area contributed by atoms with E-state index in [1.54, 1.807) is 12.1 Å². The molecule has 9 nitrogen and oxygen atoms in total. The fraction of sp³-hybridized carbons (Fsp3) is 0.474. The second-order valence-corrected chi connectivity index (χ2v) is 6.91. The smallest absolute Gasteiger partial charge is 0.263 e. The number of pyridine rings is 1. The molecule has 4 heterocycles. The highest BCUT2D eigenvalue weighted by Crippen LogP contribution is 2.26. The fourth-order valence-electron chi connectivity index (χ4n) is 3.50. The van der Waals surface area contributed by atoms with Gasteiger partial charge in [0.05, 0.1) is 25.5 Å². The average molecular weight is 381 g/mol. The predicted octanol–water partition coefficient (Wildman–Crippen LogP) is 1.38. The maximum absolute atomic E-state index is 13.0. The van der Waals surface area contributed by atoms with Gasteiger partial charge in [-0.15, -0.1) is 0 Å². The Hall–Kier alpha value is -2.96. The van der Waals surface area contributed by atoms with Gasteiger partial charge in [-0.05, 0) is 25.5 Å². The molecule has 0 unspecified atom stereocenters. The molecule has 2 aliphatic heterocycles. The second kappa shape index (κ2) is 8.37. The highest BCUT2D eigenvalue weighted by Gasteiger charge is 2.22. The zero-order chi connectivity index (χ0) is 19.3. The number of hydrogen-bond donors (Lipinski definition) is 3. The number of morpholine rings is 1. The number of rotatable bonds is 4. The fourth-order valence-corrected chi connectivity index (χ4v) is 3.50. The van der Waals surface area contributed by atoms with Gasteiger partial charge in [-0.25, -0.2) is 4.85 Å². The van der Waals surface area contributed by atoms with Gasteiger partial charge < -0.3 is 20.3 Å².